The van der Waals surface area contributed by atoms with Gasteiger partial charge in [-0.2, -0.15) is 0 Å². The maximum Gasteiger partial charge on any atom is 0.323 e. The molecule has 1 atom stereocenters. The van der Waals surface area contributed by atoms with Gasteiger partial charge in [-0.1, -0.05) is 32.9 Å². The van der Waals surface area contributed by atoms with Gasteiger partial charge in [0.05, 0.1) is 5.69 Å². The fourth-order valence-electron chi connectivity index (χ4n) is 2.40. The molecule has 1 unspecified atom stereocenters. The second-order valence-corrected chi connectivity index (χ2v) is 6.53. The summed E-state index contributed by atoms with van der Waals surface area (Å²) in [6.45, 7) is 7.33. The first-order valence-corrected chi connectivity index (χ1v) is 7.13. The minimum absolute atomic E-state index is 0.0850. The molecule has 0 saturated heterocycles. The predicted molar refractivity (Wildman–Crippen MR) is 75.7 cm³/mol. The summed E-state index contributed by atoms with van der Waals surface area (Å²) in [7, 11) is 0. The molecule has 98 valence electrons. The van der Waals surface area contributed by atoms with E-state index < -0.39 is 5.97 Å². The summed E-state index contributed by atoms with van der Waals surface area (Å²) in [4.78, 5) is 14.2. The van der Waals surface area contributed by atoms with Gasteiger partial charge in [-0.15, -0.1) is 11.8 Å². The van der Waals surface area contributed by atoms with Crippen molar-refractivity contribution in [3.05, 3.63) is 23.8 Å². The number of thioether (sulfide) groups is 1. The van der Waals surface area contributed by atoms with Crippen LogP contribution in [0, 0.1) is 0 Å². The smallest absolute Gasteiger partial charge is 0.323 e. The molecule has 1 aliphatic rings. The molecule has 0 aliphatic carbocycles. The number of rotatable bonds is 3. The van der Waals surface area contributed by atoms with Gasteiger partial charge in [-0.3, -0.25) is 4.79 Å². The monoisotopic (exact) mass is 265 g/mol. The van der Waals surface area contributed by atoms with Crippen LogP contribution in [0.4, 0.5) is 5.69 Å². The summed E-state index contributed by atoms with van der Waals surface area (Å²) in [5.74, 6) is -0.358. The van der Waals surface area contributed by atoms with Gasteiger partial charge in [0.15, 0.2) is 0 Å². The highest BCUT2D eigenvalue weighted by molar-refractivity contribution is 8.00. The number of nitrogens with zero attached hydrogens (tertiary/aromatic N) is 1. The van der Waals surface area contributed by atoms with Crippen molar-refractivity contribution in [2.45, 2.75) is 36.8 Å². The molecule has 0 aromatic heterocycles. The van der Waals surface area contributed by atoms with E-state index in [4.69, 9.17) is 5.11 Å². The zero-order valence-corrected chi connectivity index (χ0v) is 11.8. The van der Waals surface area contributed by atoms with Crippen LogP contribution in [0.2, 0.25) is 0 Å². The van der Waals surface area contributed by atoms with Gasteiger partial charge < -0.3 is 10.0 Å². The summed E-state index contributed by atoms with van der Waals surface area (Å²) < 4.78 is 0. The van der Waals surface area contributed by atoms with Crippen LogP contribution in [0.25, 0.3) is 0 Å². The van der Waals surface area contributed by atoms with Gasteiger partial charge in [-0.05, 0) is 17.5 Å². The molecule has 0 saturated carbocycles. The van der Waals surface area contributed by atoms with Gasteiger partial charge in [0.1, 0.15) is 6.54 Å². The number of benzene rings is 1. The minimum atomic E-state index is -0.765. The molecule has 1 heterocycles. The van der Waals surface area contributed by atoms with Crippen molar-refractivity contribution in [2.75, 3.05) is 18.0 Å². The van der Waals surface area contributed by atoms with Crippen LogP contribution in [-0.2, 0) is 4.79 Å². The third-order valence-electron chi connectivity index (χ3n) is 3.10. The molecule has 0 amide bonds. The van der Waals surface area contributed by atoms with Crippen LogP contribution in [0.15, 0.2) is 23.1 Å². The van der Waals surface area contributed by atoms with E-state index in [1.807, 2.05) is 16.7 Å². The highest BCUT2D eigenvalue weighted by atomic mass is 32.2. The van der Waals surface area contributed by atoms with Gasteiger partial charge >= 0.3 is 5.97 Å². The second kappa shape index (κ2) is 5.22. The lowest BCUT2D eigenvalue weighted by molar-refractivity contribution is -0.135. The molecular weight excluding hydrogens is 246 g/mol. The Labute approximate surface area is 112 Å². The molecule has 0 spiro atoms. The molecule has 0 fully saturated rings. The molecule has 0 radical (unpaired) electrons. The zero-order valence-electron chi connectivity index (χ0n) is 11.0. The van der Waals surface area contributed by atoms with Gasteiger partial charge in [-0.25, -0.2) is 0 Å². The average molecular weight is 265 g/mol. The van der Waals surface area contributed by atoms with Crippen molar-refractivity contribution < 1.29 is 9.90 Å². The van der Waals surface area contributed by atoms with Gasteiger partial charge in [0.25, 0.3) is 0 Å². The fourth-order valence-corrected chi connectivity index (χ4v) is 3.60. The number of aliphatic carboxylic acids is 1. The van der Waals surface area contributed by atoms with Crippen LogP contribution in [0.3, 0.4) is 0 Å². The van der Waals surface area contributed by atoms with Gasteiger partial charge in [0.2, 0.25) is 0 Å². The number of carboxylic acids is 1. The summed E-state index contributed by atoms with van der Waals surface area (Å²) in [5.41, 5.74) is 2.37. The highest BCUT2D eigenvalue weighted by Crippen LogP contribution is 2.42. The van der Waals surface area contributed by atoms with E-state index in [0.717, 1.165) is 12.2 Å². The lowest BCUT2D eigenvalue weighted by Gasteiger charge is -2.35. The topological polar surface area (TPSA) is 40.5 Å². The van der Waals surface area contributed by atoms with Crippen molar-refractivity contribution in [2.24, 2.45) is 0 Å². The number of carboxylic acid groups (broad SMARTS) is 1. The van der Waals surface area contributed by atoms with Crippen LogP contribution in [0.1, 0.15) is 32.3 Å². The summed E-state index contributed by atoms with van der Waals surface area (Å²) >= 11 is 1.84. The van der Waals surface area contributed by atoms with E-state index >= 15 is 0 Å². The standard InChI is InChI=1S/C14H19NO2S/c1-9(2)11-5-4-6-12-14(11)15(8-13(16)17)7-10(3)18-12/h4-6,9-10H,7-8H2,1-3H3,(H,16,17). The van der Waals surface area contributed by atoms with Crippen molar-refractivity contribution in [3.63, 3.8) is 0 Å². The predicted octanol–water partition coefficient (Wildman–Crippen LogP) is 3.20. The number of hydrogen-bond acceptors (Lipinski definition) is 3. The molecule has 1 aromatic rings. The summed E-state index contributed by atoms with van der Waals surface area (Å²) in [6.07, 6.45) is 0. The number of fused-ring (bicyclic) bond motifs is 1. The summed E-state index contributed by atoms with van der Waals surface area (Å²) in [6, 6.07) is 6.27. The Balaban J connectivity index is 2.46. The molecule has 2 rings (SSSR count). The molecule has 3 nitrogen and oxygen atoms in total. The first-order valence-electron chi connectivity index (χ1n) is 6.25. The number of carbonyl (C=O) groups is 1. The van der Waals surface area contributed by atoms with E-state index in [0.29, 0.717) is 11.2 Å². The van der Waals surface area contributed by atoms with Crippen LogP contribution in [-0.4, -0.2) is 29.4 Å². The lowest BCUT2D eigenvalue weighted by atomic mass is 10.00. The van der Waals surface area contributed by atoms with E-state index in [1.165, 1.54) is 10.5 Å². The van der Waals surface area contributed by atoms with Crippen molar-refractivity contribution in [1.82, 2.24) is 0 Å². The second-order valence-electron chi connectivity index (χ2n) is 5.05. The Morgan fingerprint density at radius 3 is 2.89 bits per heavy atom. The average Bonchev–Trinajstić information content (AvgIpc) is 2.26. The van der Waals surface area contributed by atoms with Crippen molar-refractivity contribution in [1.29, 1.82) is 0 Å². The quantitative estimate of drug-likeness (QED) is 0.911. The summed E-state index contributed by atoms with van der Waals surface area (Å²) in [5, 5.41) is 9.49. The molecular formula is C14H19NO2S. The Morgan fingerprint density at radius 1 is 1.56 bits per heavy atom. The number of anilines is 1. The maximum atomic E-state index is 11.0. The fraction of sp³-hybridized carbons (Fsp3) is 0.500. The lowest BCUT2D eigenvalue weighted by Crippen LogP contribution is -2.38. The van der Waals surface area contributed by atoms with E-state index in [1.54, 1.807) is 0 Å². The first-order chi connectivity index (χ1) is 8.49. The van der Waals surface area contributed by atoms with Crippen molar-refractivity contribution >= 4 is 23.4 Å². The Morgan fingerprint density at radius 2 is 2.28 bits per heavy atom. The molecule has 1 N–H and O–H groups in total. The number of hydrogen-bond donors (Lipinski definition) is 1. The normalized spacial score (nSPS) is 18.9. The van der Waals surface area contributed by atoms with E-state index in [-0.39, 0.29) is 6.54 Å². The molecule has 1 aliphatic heterocycles. The third-order valence-corrected chi connectivity index (χ3v) is 4.24. The Bertz CT molecular complexity index is 459. The number of para-hydroxylation sites is 1. The first kappa shape index (κ1) is 13.3. The molecule has 4 heteroatoms. The highest BCUT2D eigenvalue weighted by Gasteiger charge is 2.26. The van der Waals surface area contributed by atoms with Crippen LogP contribution in [0.5, 0.6) is 0 Å². The Hall–Kier alpha value is -1.16. The maximum absolute atomic E-state index is 11.0. The molecule has 0 bridgehead atoms. The Kier molecular flexibility index (Phi) is 3.85. The van der Waals surface area contributed by atoms with E-state index in [2.05, 4.69) is 39.0 Å². The van der Waals surface area contributed by atoms with Crippen LogP contribution >= 0.6 is 11.8 Å². The third kappa shape index (κ3) is 2.64. The minimum Gasteiger partial charge on any atom is -0.480 e. The van der Waals surface area contributed by atoms with Crippen molar-refractivity contribution in [3.8, 4) is 0 Å². The molecule has 1 aromatic carbocycles. The molecule has 18 heavy (non-hydrogen) atoms. The largest absolute Gasteiger partial charge is 0.480 e. The van der Waals surface area contributed by atoms with E-state index in [9.17, 15) is 4.79 Å². The zero-order chi connectivity index (χ0) is 13.3. The van der Waals surface area contributed by atoms with Crippen LogP contribution < -0.4 is 4.90 Å². The SMILES string of the molecule is CC1CN(CC(=O)O)c2c(cccc2C(C)C)S1. The van der Waals surface area contributed by atoms with Gasteiger partial charge in [0, 0.05) is 16.7 Å².